The van der Waals surface area contributed by atoms with E-state index in [0.29, 0.717) is 11.0 Å². The number of thioether (sulfide) groups is 1. The summed E-state index contributed by atoms with van der Waals surface area (Å²) in [7, 11) is 1.47. The van der Waals surface area contributed by atoms with Gasteiger partial charge in [0.05, 0.1) is 18.9 Å². The summed E-state index contributed by atoms with van der Waals surface area (Å²) in [6.07, 6.45) is -2.60. The highest BCUT2D eigenvalue weighted by Crippen LogP contribution is 2.28. The van der Waals surface area contributed by atoms with E-state index in [1.165, 1.54) is 18.9 Å². The molecule has 0 unspecified atom stereocenters. The first-order valence-electron chi connectivity index (χ1n) is 9.34. The zero-order valence-electron chi connectivity index (χ0n) is 16.4. The van der Waals surface area contributed by atoms with E-state index < -0.39 is 18.9 Å². The summed E-state index contributed by atoms with van der Waals surface area (Å²) in [5, 5.41) is 9.08. The lowest BCUT2D eigenvalue weighted by molar-refractivity contribution is -0.131. The molecular formula is C21H22F2N4O2S. The summed E-state index contributed by atoms with van der Waals surface area (Å²) in [6, 6.07) is 19.1. The summed E-state index contributed by atoms with van der Waals surface area (Å²) in [5.41, 5.74) is 1.73. The molecule has 0 N–H and O–H groups in total. The predicted octanol–water partition coefficient (Wildman–Crippen LogP) is 3.77. The maximum absolute atomic E-state index is 12.8. The molecule has 2 aromatic carbocycles. The molecule has 0 aliphatic rings. The van der Waals surface area contributed by atoms with Crippen molar-refractivity contribution in [2.45, 2.75) is 11.6 Å². The molecule has 0 aliphatic carbocycles. The topological polar surface area (TPSA) is 60.2 Å². The molecule has 0 saturated heterocycles. The Morgan fingerprint density at radius 2 is 1.77 bits per heavy atom. The van der Waals surface area contributed by atoms with Gasteiger partial charge in [-0.1, -0.05) is 60.3 Å². The zero-order valence-corrected chi connectivity index (χ0v) is 17.3. The molecule has 158 valence electrons. The van der Waals surface area contributed by atoms with E-state index in [1.807, 2.05) is 65.2 Å². The monoisotopic (exact) mass is 432 g/mol. The van der Waals surface area contributed by atoms with Crippen LogP contribution in [0.5, 0.6) is 0 Å². The van der Waals surface area contributed by atoms with Gasteiger partial charge in [0.1, 0.15) is 0 Å². The SMILES string of the molecule is COCCN(CC(F)F)C(=O)CSc1nnc(-c2ccccc2)n1-c1ccccc1. The Morgan fingerprint density at radius 1 is 1.10 bits per heavy atom. The summed E-state index contributed by atoms with van der Waals surface area (Å²) in [5.74, 6) is 0.206. The number of hydrogen-bond acceptors (Lipinski definition) is 5. The molecule has 3 aromatic rings. The average molecular weight is 432 g/mol. The molecule has 0 saturated carbocycles. The third-order valence-corrected chi connectivity index (χ3v) is 5.19. The Balaban J connectivity index is 1.84. The van der Waals surface area contributed by atoms with E-state index in [0.717, 1.165) is 16.2 Å². The smallest absolute Gasteiger partial charge is 0.255 e. The van der Waals surface area contributed by atoms with E-state index in [2.05, 4.69) is 10.2 Å². The standard InChI is InChI=1S/C21H22F2N4O2S/c1-29-13-12-26(14-18(22)23)19(28)15-30-21-25-24-20(16-8-4-2-5-9-16)27(21)17-10-6-3-7-11-17/h2-11,18H,12-15H2,1H3. The second-order valence-electron chi connectivity index (χ2n) is 6.36. The lowest BCUT2D eigenvalue weighted by Gasteiger charge is -2.21. The van der Waals surface area contributed by atoms with Crippen molar-refractivity contribution in [1.29, 1.82) is 0 Å². The van der Waals surface area contributed by atoms with Crippen LogP contribution in [0, 0.1) is 0 Å². The Hall–Kier alpha value is -2.78. The third-order valence-electron chi connectivity index (χ3n) is 4.28. The van der Waals surface area contributed by atoms with Crippen LogP contribution in [0.25, 0.3) is 17.1 Å². The quantitative estimate of drug-likeness (QED) is 0.457. The largest absolute Gasteiger partial charge is 0.383 e. The predicted molar refractivity (Wildman–Crippen MR) is 112 cm³/mol. The zero-order chi connectivity index (χ0) is 21.3. The number of hydrogen-bond donors (Lipinski definition) is 0. The molecule has 9 heteroatoms. The molecule has 0 aliphatic heterocycles. The minimum absolute atomic E-state index is 0.0316. The first-order valence-corrected chi connectivity index (χ1v) is 10.3. The van der Waals surface area contributed by atoms with Crippen molar-refractivity contribution in [3.05, 3.63) is 60.7 Å². The molecule has 0 radical (unpaired) electrons. The second-order valence-corrected chi connectivity index (χ2v) is 7.30. The number of amides is 1. The molecule has 1 heterocycles. The fourth-order valence-electron chi connectivity index (χ4n) is 2.85. The molecular weight excluding hydrogens is 410 g/mol. The maximum atomic E-state index is 12.8. The van der Waals surface area contributed by atoms with Crippen LogP contribution in [-0.4, -0.2) is 64.6 Å². The van der Waals surface area contributed by atoms with Gasteiger partial charge >= 0.3 is 0 Å². The Labute approximate surface area is 177 Å². The Morgan fingerprint density at radius 3 is 2.40 bits per heavy atom. The number of nitrogens with zero attached hydrogens (tertiary/aromatic N) is 4. The number of para-hydroxylation sites is 1. The van der Waals surface area contributed by atoms with Crippen molar-refractivity contribution >= 4 is 17.7 Å². The van der Waals surface area contributed by atoms with Crippen LogP contribution in [0.1, 0.15) is 0 Å². The number of aromatic nitrogens is 3. The van der Waals surface area contributed by atoms with Crippen molar-refractivity contribution < 1.29 is 18.3 Å². The number of rotatable bonds is 10. The number of halogens is 2. The molecule has 1 aromatic heterocycles. The van der Waals surface area contributed by atoms with Gasteiger partial charge in [0.25, 0.3) is 6.43 Å². The molecule has 1 amide bonds. The van der Waals surface area contributed by atoms with Gasteiger partial charge < -0.3 is 9.64 Å². The van der Waals surface area contributed by atoms with Gasteiger partial charge in [-0.15, -0.1) is 10.2 Å². The van der Waals surface area contributed by atoms with Crippen LogP contribution in [-0.2, 0) is 9.53 Å². The first kappa shape index (κ1) is 21.9. The van der Waals surface area contributed by atoms with Gasteiger partial charge in [-0.05, 0) is 12.1 Å². The highest BCUT2D eigenvalue weighted by molar-refractivity contribution is 7.99. The molecule has 0 atom stereocenters. The van der Waals surface area contributed by atoms with Crippen LogP contribution in [0.3, 0.4) is 0 Å². The van der Waals surface area contributed by atoms with Crippen molar-refractivity contribution in [3.8, 4) is 17.1 Å². The number of ether oxygens (including phenoxy) is 1. The number of benzene rings is 2. The highest BCUT2D eigenvalue weighted by Gasteiger charge is 2.21. The Bertz CT molecular complexity index is 939. The van der Waals surface area contributed by atoms with E-state index >= 15 is 0 Å². The number of methoxy groups -OCH3 is 1. The number of alkyl halides is 2. The molecule has 30 heavy (non-hydrogen) atoms. The van der Waals surface area contributed by atoms with Crippen LogP contribution in [0.4, 0.5) is 8.78 Å². The molecule has 0 fully saturated rings. The fraction of sp³-hybridized carbons (Fsp3) is 0.286. The summed E-state index contributed by atoms with van der Waals surface area (Å²) in [6.45, 7) is -0.314. The molecule has 0 bridgehead atoms. The fourth-order valence-corrected chi connectivity index (χ4v) is 3.71. The van der Waals surface area contributed by atoms with Crippen molar-refractivity contribution in [2.24, 2.45) is 0 Å². The third kappa shape index (κ3) is 5.64. The minimum Gasteiger partial charge on any atom is -0.383 e. The summed E-state index contributed by atoms with van der Waals surface area (Å²) < 4.78 is 32.5. The van der Waals surface area contributed by atoms with Crippen LogP contribution in [0.15, 0.2) is 65.8 Å². The van der Waals surface area contributed by atoms with Gasteiger partial charge in [-0.2, -0.15) is 0 Å². The highest BCUT2D eigenvalue weighted by atomic mass is 32.2. The van der Waals surface area contributed by atoms with Gasteiger partial charge in [-0.25, -0.2) is 8.78 Å². The van der Waals surface area contributed by atoms with E-state index in [9.17, 15) is 13.6 Å². The minimum atomic E-state index is -2.60. The first-order chi connectivity index (χ1) is 14.6. The lowest BCUT2D eigenvalue weighted by Crippen LogP contribution is -2.38. The van der Waals surface area contributed by atoms with E-state index in [1.54, 1.807) is 0 Å². The van der Waals surface area contributed by atoms with Gasteiger partial charge in [0, 0.05) is 24.9 Å². The number of carbonyl (C=O) groups excluding carboxylic acids is 1. The van der Waals surface area contributed by atoms with Crippen molar-refractivity contribution in [3.63, 3.8) is 0 Å². The summed E-state index contributed by atoms with van der Waals surface area (Å²) in [4.78, 5) is 13.7. The van der Waals surface area contributed by atoms with Gasteiger partial charge in [0.2, 0.25) is 5.91 Å². The molecule has 0 spiro atoms. The van der Waals surface area contributed by atoms with Gasteiger partial charge in [-0.3, -0.25) is 9.36 Å². The maximum Gasteiger partial charge on any atom is 0.255 e. The van der Waals surface area contributed by atoms with Crippen molar-refractivity contribution in [1.82, 2.24) is 19.7 Å². The summed E-state index contributed by atoms with van der Waals surface area (Å²) >= 11 is 1.17. The van der Waals surface area contributed by atoms with E-state index in [4.69, 9.17) is 4.74 Å². The average Bonchev–Trinajstić information content (AvgIpc) is 3.20. The second kappa shape index (κ2) is 10.8. The number of carbonyl (C=O) groups is 1. The van der Waals surface area contributed by atoms with Crippen LogP contribution >= 0.6 is 11.8 Å². The van der Waals surface area contributed by atoms with Crippen LogP contribution < -0.4 is 0 Å². The van der Waals surface area contributed by atoms with Crippen molar-refractivity contribution in [2.75, 3.05) is 32.6 Å². The van der Waals surface area contributed by atoms with Gasteiger partial charge in [0.15, 0.2) is 11.0 Å². The molecule has 6 nitrogen and oxygen atoms in total. The van der Waals surface area contributed by atoms with Crippen LogP contribution in [0.2, 0.25) is 0 Å². The lowest BCUT2D eigenvalue weighted by atomic mass is 10.2. The Kier molecular flexibility index (Phi) is 7.92. The normalized spacial score (nSPS) is 11.1. The van der Waals surface area contributed by atoms with E-state index in [-0.39, 0.29) is 18.9 Å². The molecule has 3 rings (SSSR count).